The Morgan fingerprint density at radius 2 is 2.29 bits per heavy atom. The second-order valence-corrected chi connectivity index (χ2v) is 4.82. The molecule has 0 amide bonds. The van der Waals surface area contributed by atoms with Gasteiger partial charge in [0.25, 0.3) is 0 Å². The number of carbonyl (C=O) groups excluding carboxylic acids is 2. The summed E-state index contributed by atoms with van der Waals surface area (Å²) >= 11 is 0. The number of esters is 1. The minimum absolute atomic E-state index is 0.0169. The Balaban J connectivity index is 2.29. The molecule has 17 heavy (non-hydrogen) atoms. The van der Waals surface area contributed by atoms with Gasteiger partial charge in [0.15, 0.2) is 11.6 Å². The molecule has 0 unspecified atom stereocenters. The van der Waals surface area contributed by atoms with Crippen LogP contribution in [0.25, 0.3) is 0 Å². The molecule has 5 heteroatoms. The lowest BCUT2D eigenvalue weighted by atomic mass is 9.85. The fourth-order valence-corrected chi connectivity index (χ4v) is 2.34. The van der Waals surface area contributed by atoms with Crippen LogP contribution in [0.3, 0.4) is 0 Å². The number of carbonyl (C=O) groups is 2. The molecule has 2 rings (SSSR count). The largest absolute Gasteiger partial charge is 0.469 e. The summed E-state index contributed by atoms with van der Waals surface area (Å²) in [5.74, 6) is -1.19. The van der Waals surface area contributed by atoms with Gasteiger partial charge in [0.05, 0.1) is 13.5 Å². The van der Waals surface area contributed by atoms with E-state index in [-0.39, 0.29) is 24.6 Å². The predicted molar refractivity (Wildman–Crippen MR) is 58.2 cm³/mol. The highest BCUT2D eigenvalue weighted by Crippen LogP contribution is 2.43. The third kappa shape index (κ3) is 2.25. The molecular weight excluding hydrogens is 224 g/mol. The number of methoxy groups -OCH3 is 1. The van der Waals surface area contributed by atoms with E-state index in [0.29, 0.717) is 0 Å². The Labute approximate surface area is 99.7 Å². The van der Waals surface area contributed by atoms with Gasteiger partial charge in [0.2, 0.25) is 0 Å². The number of rotatable bonds is 2. The van der Waals surface area contributed by atoms with Crippen molar-refractivity contribution in [1.82, 2.24) is 0 Å². The maximum absolute atomic E-state index is 11.4. The van der Waals surface area contributed by atoms with E-state index in [1.54, 1.807) is 19.9 Å². The van der Waals surface area contributed by atoms with Crippen molar-refractivity contribution in [2.24, 2.45) is 0 Å². The second-order valence-electron chi connectivity index (χ2n) is 4.82. The fraction of sp³-hybridized carbons (Fsp3) is 0.667. The first kappa shape index (κ1) is 12.3. The summed E-state index contributed by atoms with van der Waals surface area (Å²) in [6.45, 7) is 3.53. The Hall–Kier alpha value is -1.20. The SMILES string of the molecule is COC(=O)C[C@]12C=CC(=O)C[C@H]1OC(C)(C)O2. The normalized spacial score (nSPS) is 34.5. The molecule has 0 aromatic rings. The number of hydrogen-bond acceptors (Lipinski definition) is 5. The van der Waals surface area contributed by atoms with Crippen LogP contribution in [0.4, 0.5) is 0 Å². The molecule has 1 aliphatic heterocycles. The number of ether oxygens (including phenoxy) is 3. The van der Waals surface area contributed by atoms with E-state index in [1.807, 2.05) is 0 Å². The van der Waals surface area contributed by atoms with Gasteiger partial charge in [-0.25, -0.2) is 0 Å². The molecule has 94 valence electrons. The first-order chi connectivity index (χ1) is 7.87. The highest BCUT2D eigenvalue weighted by atomic mass is 16.8. The maximum Gasteiger partial charge on any atom is 0.308 e. The van der Waals surface area contributed by atoms with Gasteiger partial charge in [0.1, 0.15) is 11.7 Å². The molecule has 0 spiro atoms. The molecule has 2 aliphatic rings. The van der Waals surface area contributed by atoms with Crippen molar-refractivity contribution >= 4 is 11.8 Å². The Morgan fingerprint density at radius 1 is 1.59 bits per heavy atom. The molecule has 0 saturated carbocycles. The summed E-state index contributed by atoms with van der Waals surface area (Å²) in [4.78, 5) is 22.8. The zero-order chi connectivity index (χ0) is 12.7. The lowest BCUT2D eigenvalue weighted by Gasteiger charge is -2.30. The third-order valence-electron chi connectivity index (χ3n) is 2.99. The van der Waals surface area contributed by atoms with Gasteiger partial charge in [-0.3, -0.25) is 9.59 Å². The highest BCUT2D eigenvalue weighted by molar-refractivity contribution is 5.92. The van der Waals surface area contributed by atoms with Crippen LogP contribution in [0.15, 0.2) is 12.2 Å². The van der Waals surface area contributed by atoms with Crippen molar-refractivity contribution in [3.8, 4) is 0 Å². The van der Waals surface area contributed by atoms with Crippen LogP contribution in [0.5, 0.6) is 0 Å². The van der Waals surface area contributed by atoms with Crippen LogP contribution in [-0.4, -0.2) is 36.4 Å². The molecule has 0 aromatic carbocycles. The first-order valence-electron chi connectivity index (χ1n) is 5.54. The van der Waals surface area contributed by atoms with Gasteiger partial charge in [-0.15, -0.1) is 0 Å². The minimum atomic E-state index is -0.871. The van der Waals surface area contributed by atoms with Gasteiger partial charge in [0, 0.05) is 6.42 Å². The summed E-state index contributed by atoms with van der Waals surface area (Å²) in [6, 6.07) is 0. The second kappa shape index (κ2) is 3.92. The lowest BCUT2D eigenvalue weighted by Crippen LogP contribution is -2.44. The molecule has 5 nitrogen and oxygen atoms in total. The van der Waals surface area contributed by atoms with E-state index in [9.17, 15) is 9.59 Å². The topological polar surface area (TPSA) is 61.8 Å². The smallest absolute Gasteiger partial charge is 0.308 e. The van der Waals surface area contributed by atoms with Crippen LogP contribution < -0.4 is 0 Å². The Kier molecular flexibility index (Phi) is 2.83. The van der Waals surface area contributed by atoms with Gasteiger partial charge in [-0.1, -0.05) is 0 Å². The number of hydrogen-bond donors (Lipinski definition) is 0. The predicted octanol–water partition coefficient (Wildman–Crippen LogP) is 0.969. The average Bonchev–Trinajstić information content (AvgIpc) is 2.48. The molecule has 1 saturated heterocycles. The van der Waals surface area contributed by atoms with Crippen LogP contribution in [0.1, 0.15) is 26.7 Å². The van der Waals surface area contributed by atoms with Crippen molar-refractivity contribution in [3.63, 3.8) is 0 Å². The Morgan fingerprint density at radius 3 is 2.94 bits per heavy atom. The maximum atomic E-state index is 11.4. The number of ketones is 1. The van der Waals surface area contributed by atoms with Crippen molar-refractivity contribution in [3.05, 3.63) is 12.2 Å². The highest BCUT2D eigenvalue weighted by Gasteiger charge is 2.54. The van der Waals surface area contributed by atoms with Crippen molar-refractivity contribution in [2.45, 2.75) is 44.2 Å². The molecule has 0 bridgehead atoms. The van der Waals surface area contributed by atoms with Crippen molar-refractivity contribution in [2.75, 3.05) is 7.11 Å². The number of fused-ring (bicyclic) bond motifs is 1. The minimum Gasteiger partial charge on any atom is -0.469 e. The molecule has 0 radical (unpaired) electrons. The third-order valence-corrected chi connectivity index (χ3v) is 2.99. The zero-order valence-corrected chi connectivity index (χ0v) is 10.2. The molecule has 1 aliphatic carbocycles. The van der Waals surface area contributed by atoms with Gasteiger partial charge in [-0.2, -0.15) is 0 Å². The molecule has 0 aromatic heterocycles. The first-order valence-corrected chi connectivity index (χ1v) is 5.54. The van der Waals surface area contributed by atoms with E-state index in [4.69, 9.17) is 9.47 Å². The van der Waals surface area contributed by atoms with Gasteiger partial charge >= 0.3 is 5.97 Å². The quantitative estimate of drug-likeness (QED) is 0.673. The molecule has 1 fully saturated rings. The van der Waals surface area contributed by atoms with Gasteiger partial charge in [-0.05, 0) is 26.0 Å². The van der Waals surface area contributed by atoms with Crippen molar-refractivity contribution < 1.29 is 23.8 Å². The summed E-state index contributed by atoms with van der Waals surface area (Å²) in [6.07, 6.45) is 2.94. The van der Waals surface area contributed by atoms with E-state index < -0.39 is 17.5 Å². The lowest BCUT2D eigenvalue weighted by molar-refractivity contribution is -0.163. The van der Waals surface area contributed by atoms with E-state index in [0.717, 1.165) is 0 Å². The summed E-state index contributed by atoms with van der Waals surface area (Å²) in [5.41, 5.74) is -0.871. The summed E-state index contributed by atoms with van der Waals surface area (Å²) < 4.78 is 16.1. The monoisotopic (exact) mass is 240 g/mol. The fourth-order valence-electron chi connectivity index (χ4n) is 2.34. The van der Waals surface area contributed by atoms with Crippen molar-refractivity contribution in [1.29, 1.82) is 0 Å². The molecule has 2 atom stereocenters. The average molecular weight is 240 g/mol. The standard InChI is InChI=1S/C12H16O5/c1-11(2)16-9-6-8(13)4-5-12(9,17-11)7-10(14)15-3/h4-5,9H,6-7H2,1-3H3/t9-,12-/m1/s1. The van der Waals surface area contributed by atoms with Crippen LogP contribution in [0.2, 0.25) is 0 Å². The van der Waals surface area contributed by atoms with E-state index >= 15 is 0 Å². The molecule has 1 heterocycles. The van der Waals surface area contributed by atoms with Crippen LogP contribution >= 0.6 is 0 Å². The van der Waals surface area contributed by atoms with E-state index in [2.05, 4.69) is 4.74 Å². The Bertz CT molecular complexity index is 384. The molecular formula is C12H16O5. The van der Waals surface area contributed by atoms with Gasteiger partial charge < -0.3 is 14.2 Å². The van der Waals surface area contributed by atoms with E-state index in [1.165, 1.54) is 13.2 Å². The summed E-state index contributed by atoms with van der Waals surface area (Å²) in [7, 11) is 1.33. The number of allylic oxidation sites excluding steroid dienone is 1. The van der Waals surface area contributed by atoms with Crippen LogP contribution in [0, 0.1) is 0 Å². The zero-order valence-electron chi connectivity index (χ0n) is 10.2. The van der Waals surface area contributed by atoms with Crippen LogP contribution in [-0.2, 0) is 23.8 Å². The summed E-state index contributed by atoms with van der Waals surface area (Å²) in [5, 5.41) is 0. The molecule has 0 N–H and O–H groups in total.